The Morgan fingerprint density at radius 2 is 1.93 bits per heavy atom. The van der Waals surface area contributed by atoms with Gasteiger partial charge in [-0.1, -0.05) is 30.3 Å². The van der Waals surface area contributed by atoms with Gasteiger partial charge in [-0.25, -0.2) is 9.78 Å². The topological polar surface area (TPSA) is 98.9 Å². The van der Waals surface area contributed by atoms with E-state index in [1.807, 2.05) is 37.3 Å². The molecule has 9 heteroatoms. The van der Waals surface area contributed by atoms with Gasteiger partial charge in [0.05, 0.1) is 25.1 Å². The quantitative estimate of drug-likeness (QED) is 0.280. The number of para-hydroxylation sites is 1. The predicted molar refractivity (Wildman–Crippen MR) is 163 cm³/mol. The highest BCUT2D eigenvalue weighted by Gasteiger charge is 2.23. The van der Waals surface area contributed by atoms with Gasteiger partial charge >= 0.3 is 5.97 Å². The minimum absolute atomic E-state index is 0.0269. The molecular weight excluding hydrogens is 544 g/mol. The third-order valence-electron chi connectivity index (χ3n) is 8.63. The van der Waals surface area contributed by atoms with Gasteiger partial charge in [-0.2, -0.15) is 9.78 Å². The molecule has 2 aliphatic rings. The van der Waals surface area contributed by atoms with Crippen LogP contribution in [0.1, 0.15) is 51.0 Å². The van der Waals surface area contributed by atoms with Crippen LogP contribution >= 0.6 is 0 Å². The van der Waals surface area contributed by atoms with Crippen LogP contribution in [0.4, 0.5) is 0 Å². The molecule has 2 aromatic carbocycles. The second-order valence-corrected chi connectivity index (χ2v) is 11.3. The second-order valence-electron chi connectivity index (χ2n) is 11.3. The maximum absolute atomic E-state index is 11.6. The first-order valence-electron chi connectivity index (χ1n) is 14.9. The van der Waals surface area contributed by atoms with Crippen LogP contribution in [0.25, 0.3) is 17.1 Å². The summed E-state index contributed by atoms with van der Waals surface area (Å²) in [4.78, 5) is 19.0. The highest BCUT2D eigenvalue weighted by atomic mass is 16.5. The summed E-state index contributed by atoms with van der Waals surface area (Å²) in [6.45, 7) is 8.76. The molecule has 0 saturated carbocycles. The maximum Gasteiger partial charge on any atom is 0.342 e. The number of carboxylic acids is 1. The molecule has 1 fully saturated rings. The Bertz CT molecular complexity index is 1630. The van der Waals surface area contributed by atoms with Gasteiger partial charge in [-0.15, -0.1) is 0 Å². The molecule has 0 radical (unpaired) electrons. The molecule has 1 N–H and O–H groups in total. The summed E-state index contributed by atoms with van der Waals surface area (Å²) < 4.78 is 19.2. The highest BCUT2D eigenvalue weighted by Crippen LogP contribution is 2.34. The minimum Gasteiger partial charge on any atom is -0.488 e. The number of pyridine rings is 1. The van der Waals surface area contributed by atoms with Gasteiger partial charge < -0.3 is 24.2 Å². The van der Waals surface area contributed by atoms with E-state index >= 15 is 0 Å². The van der Waals surface area contributed by atoms with Crippen molar-refractivity contribution >= 4 is 5.97 Å². The van der Waals surface area contributed by atoms with Gasteiger partial charge in [0, 0.05) is 31.8 Å². The lowest BCUT2D eigenvalue weighted by Gasteiger charge is -2.23. The molecule has 1 saturated heterocycles. The number of aromatic nitrogens is 3. The summed E-state index contributed by atoms with van der Waals surface area (Å²) in [6, 6.07) is 16.0. The van der Waals surface area contributed by atoms with E-state index in [0.29, 0.717) is 24.2 Å². The van der Waals surface area contributed by atoms with Crippen LogP contribution in [0, 0.1) is 13.8 Å². The molecule has 0 aliphatic carbocycles. The number of carboxylic acid groups (broad SMARTS) is 1. The van der Waals surface area contributed by atoms with Crippen molar-refractivity contribution in [1.82, 2.24) is 19.7 Å². The molecule has 0 amide bonds. The van der Waals surface area contributed by atoms with Crippen molar-refractivity contribution in [3.63, 3.8) is 0 Å². The zero-order valence-electron chi connectivity index (χ0n) is 25.0. The zero-order valence-corrected chi connectivity index (χ0v) is 25.0. The fourth-order valence-corrected chi connectivity index (χ4v) is 6.25. The smallest absolute Gasteiger partial charge is 0.342 e. The van der Waals surface area contributed by atoms with Crippen molar-refractivity contribution < 1.29 is 24.1 Å². The van der Waals surface area contributed by atoms with Gasteiger partial charge in [0.15, 0.2) is 5.82 Å². The molecule has 0 unspecified atom stereocenters. The second kappa shape index (κ2) is 12.6. The van der Waals surface area contributed by atoms with E-state index in [0.717, 1.165) is 56.0 Å². The molecule has 1 atom stereocenters. The average Bonchev–Trinajstić information content (AvgIpc) is 3.64. The number of aryl methyl sites for hydroxylation is 1. The van der Waals surface area contributed by atoms with Crippen molar-refractivity contribution in [2.24, 2.45) is 0 Å². The van der Waals surface area contributed by atoms with Crippen LogP contribution in [0.3, 0.4) is 0 Å². The summed E-state index contributed by atoms with van der Waals surface area (Å²) in [5, 5.41) is 13.7. The number of nitrogens with zero attached hydrogens (tertiary/aromatic N) is 4. The Labute approximate surface area is 252 Å². The van der Waals surface area contributed by atoms with Gasteiger partial charge in [0.25, 0.3) is 0 Å². The average molecular weight is 583 g/mol. The standard InChI is InChI=1S/C34H38N4O5/c1-22-7-4-9-28(30-10-5-11-31(36-30)38-33(41-3)29(19-35-38)34(39)40)32(22)43-21-25-13-12-24-14-16-37(17-15-27(24)23(25)2)20-26-8-6-18-42-26/h4-5,7,9-13,19,26H,6,8,14-18,20-21H2,1-3H3,(H,39,40)/t26-/m0/s1. The normalized spacial score (nSPS) is 17.0. The molecule has 2 aliphatic heterocycles. The van der Waals surface area contributed by atoms with Gasteiger partial charge in [-0.3, -0.25) is 0 Å². The Morgan fingerprint density at radius 3 is 2.72 bits per heavy atom. The number of hydrogen-bond acceptors (Lipinski definition) is 7. The SMILES string of the molecule is COc1c(C(=O)O)cnn1-c1cccc(-c2cccc(C)c2OCc2ccc3c(c2C)CCN(C[C@@H]2CCCO2)CC3)n1. The molecule has 9 nitrogen and oxygen atoms in total. The van der Waals surface area contributed by atoms with Crippen LogP contribution in [-0.2, 0) is 24.2 Å². The number of benzene rings is 2. The Balaban J connectivity index is 1.22. The van der Waals surface area contributed by atoms with Crippen LogP contribution in [0.15, 0.2) is 54.7 Å². The number of ether oxygens (including phenoxy) is 3. The lowest BCUT2D eigenvalue weighted by atomic mass is 9.94. The largest absolute Gasteiger partial charge is 0.488 e. The fourth-order valence-electron chi connectivity index (χ4n) is 6.25. The Hall–Kier alpha value is -4.21. The monoisotopic (exact) mass is 582 g/mol. The van der Waals surface area contributed by atoms with Gasteiger partial charge in [-0.05, 0) is 85.5 Å². The van der Waals surface area contributed by atoms with Crippen molar-refractivity contribution in [2.75, 3.05) is 33.4 Å². The van der Waals surface area contributed by atoms with Crippen molar-refractivity contribution in [3.8, 4) is 28.7 Å². The molecule has 0 spiro atoms. The summed E-state index contributed by atoms with van der Waals surface area (Å²) in [5.74, 6) is 0.219. The van der Waals surface area contributed by atoms with Gasteiger partial charge in [0.1, 0.15) is 17.9 Å². The lowest BCUT2D eigenvalue weighted by Crippen LogP contribution is -2.34. The maximum atomic E-state index is 11.6. The number of rotatable bonds is 9. The van der Waals surface area contributed by atoms with Crippen LogP contribution in [0.5, 0.6) is 11.6 Å². The van der Waals surface area contributed by atoms with E-state index in [9.17, 15) is 9.90 Å². The van der Waals surface area contributed by atoms with E-state index in [2.05, 4.69) is 29.1 Å². The van der Waals surface area contributed by atoms with E-state index in [4.69, 9.17) is 19.2 Å². The van der Waals surface area contributed by atoms with Gasteiger partial charge in [0.2, 0.25) is 5.88 Å². The first kappa shape index (κ1) is 28.9. The first-order valence-corrected chi connectivity index (χ1v) is 14.9. The molecule has 224 valence electrons. The van der Waals surface area contributed by atoms with Crippen molar-refractivity contribution in [2.45, 2.75) is 52.2 Å². The summed E-state index contributed by atoms with van der Waals surface area (Å²) >= 11 is 0. The number of methoxy groups -OCH3 is 1. The third-order valence-corrected chi connectivity index (χ3v) is 8.63. The number of hydrogen-bond donors (Lipinski definition) is 1. The minimum atomic E-state index is -1.11. The Morgan fingerprint density at radius 1 is 1.09 bits per heavy atom. The molecule has 6 rings (SSSR count). The Kier molecular flexibility index (Phi) is 8.44. The van der Waals surface area contributed by atoms with Crippen molar-refractivity contribution in [3.05, 3.63) is 88.1 Å². The number of carbonyl (C=O) groups is 1. The van der Waals surface area contributed by atoms with E-state index < -0.39 is 5.97 Å². The molecular formula is C34H38N4O5. The number of aromatic carboxylic acids is 1. The van der Waals surface area contributed by atoms with E-state index in [1.54, 1.807) is 6.07 Å². The predicted octanol–water partition coefficient (Wildman–Crippen LogP) is 5.42. The molecule has 4 heterocycles. The highest BCUT2D eigenvalue weighted by molar-refractivity contribution is 5.90. The molecule has 43 heavy (non-hydrogen) atoms. The molecule has 2 aromatic heterocycles. The van der Waals surface area contributed by atoms with Crippen LogP contribution in [0.2, 0.25) is 0 Å². The van der Waals surface area contributed by atoms with E-state index in [1.165, 1.54) is 53.1 Å². The van der Waals surface area contributed by atoms with Crippen LogP contribution < -0.4 is 9.47 Å². The molecule has 0 bridgehead atoms. The summed E-state index contributed by atoms with van der Waals surface area (Å²) in [7, 11) is 1.42. The van der Waals surface area contributed by atoms with Crippen molar-refractivity contribution in [1.29, 1.82) is 0 Å². The zero-order chi connectivity index (χ0) is 29.9. The van der Waals surface area contributed by atoms with E-state index in [-0.39, 0.29) is 11.4 Å². The molecule has 4 aromatic rings. The first-order chi connectivity index (χ1) is 20.9. The summed E-state index contributed by atoms with van der Waals surface area (Å²) in [5.41, 5.74) is 7.90. The number of fused-ring (bicyclic) bond motifs is 1. The summed E-state index contributed by atoms with van der Waals surface area (Å²) in [6.07, 6.45) is 6.10. The lowest BCUT2D eigenvalue weighted by molar-refractivity contribution is 0.0693. The van der Waals surface area contributed by atoms with Crippen LogP contribution in [-0.4, -0.2) is 70.2 Å². The fraction of sp³-hybridized carbons (Fsp3) is 0.382. The third kappa shape index (κ3) is 6.00.